The van der Waals surface area contributed by atoms with E-state index in [-0.39, 0.29) is 223 Å². The third-order valence-corrected chi connectivity index (χ3v) is 28.8. The molecule has 2 aliphatic heterocycles. The molecule has 0 saturated carbocycles. The number of ketones is 2. The highest BCUT2D eigenvalue weighted by molar-refractivity contribution is 7.09. The fraction of sp³-hybridized carbons (Fsp3) is 0.706. The molecule has 0 spiro atoms. The Hall–Kier alpha value is -8.74. The molecular weight excluding hydrogens is 1840 g/mol. The van der Waals surface area contributed by atoms with Crippen molar-refractivity contribution in [3.05, 3.63) is 105 Å². The molecule has 4 heterocycles. The van der Waals surface area contributed by atoms with Crippen LogP contribution in [0.4, 0.5) is 0 Å². The average molecular weight is 2000 g/mol. The fourth-order valence-corrected chi connectivity index (χ4v) is 20.4. The van der Waals surface area contributed by atoms with Crippen molar-refractivity contribution in [3.8, 4) is 0 Å². The third kappa shape index (κ3) is 38.4. The maximum Gasteiger partial charge on any atom is 0.248 e. The zero-order chi connectivity index (χ0) is 104. The van der Waals surface area contributed by atoms with Gasteiger partial charge in [-0.3, -0.25) is 67.2 Å². The van der Waals surface area contributed by atoms with Crippen LogP contribution in [0.1, 0.15) is 207 Å². The summed E-state index contributed by atoms with van der Waals surface area (Å²) >= 11 is 3.10. The lowest BCUT2D eigenvalue weighted by Gasteiger charge is -2.41. The van der Waals surface area contributed by atoms with E-state index >= 15 is 0 Å². The molecule has 2 aromatic carbocycles. The normalized spacial score (nSPS) is 17.3. The number of carbonyl (C=O) groups excluding carboxylic acids is 12. The summed E-state index contributed by atoms with van der Waals surface area (Å²) in [5, 5.41) is 16.8. The van der Waals surface area contributed by atoms with E-state index < -0.39 is 84.3 Å². The number of likely N-dealkylation sites (tertiary alicyclic amines) is 2. The van der Waals surface area contributed by atoms with Crippen LogP contribution in [0.2, 0.25) is 0 Å². The SMILES string of the molecule is CC[C@H](C)[C@@H]([C@@H](CC(=O)N1CCC[C@H]1[C@H](OC)[C@@H](C)C(=O)CC(Cc1ccccc1)c1nccs1)OC)N(C)C(=O)[C@@H](NC(=O)C(C(C)C)N(C)C(=O)CCOCCOCCNC(=O)CON)C(C)C.CC[C@H](C)[C@@H]([C@@H](CC(=O)N1CCC[C@H]1[C@H](OC)[C@@H](C)C(=O)CC(Cc1ccccc1)c1nccs1)OC)N(C)C(=O)[C@@H](NC(=O)C(C(C)C)N(C)C(=O)CCOCCOCCNC(=O)CON)C(C)C. The van der Waals surface area contributed by atoms with Crippen LogP contribution >= 0.6 is 22.7 Å². The van der Waals surface area contributed by atoms with Crippen molar-refractivity contribution >= 4 is 93.3 Å². The number of nitrogens with two attached hydrogens (primary N) is 2. The van der Waals surface area contributed by atoms with Gasteiger partial charge in [-0.2, -0.15) is 0 Å². The van der Waals surface area contributed by atoms with Crippen molar-refractivity contribution in [2.24, 2.45) is 59.1 Å². The van der Waals surface area contributed by atoms with Crippen LogP contribution in [0.25, 0.3) is 0 Å². The predicted molar refractivity (Wildman–Crippen MR) is 537 cm³/mol. The maximum atomic E-state index is 14.6. The van der Waals surface area contributed by atoms with Crippen molar-refractivity contribution in [2.45, 2.75) is 271 Å². The van der Waals surface area contributed by atoms with E-state index in [0.29, 0.717) is 64.5 Å². The molecule has 0 radical (unpaired) electrons. The quantitative estimate of drug-likeness (QED) is 0.0177. The first-order chi connectivity index (χ1) is 66.8. The van der Waals surface area contributed by atoms with Gasteiger partial charge in [-0.15, -0.1) is 22.7 Å². The van der Waals surface area contributed by atoms with E-state index in [1.165, 1.54) is 9.80 Å². The van der Waals surface area contributed by atoms with Gasteiger partial charge in [0.2, 0.25) is 59.1 Å². The Morgan fingerprint density at radius 3 is 1.09 bits per heavy atom. The third-order valence-electron chi connectivity index (χ3n) is 27.0. The number of nitrogens with zero attached hydrogens (tertiary/aromatic N) is 8. The first-order valence-electron chi connectivity index (χ1n) is 49.6. The smallest absolute Gasteiger partial charge is 0.248 e. The molecule has 788 valence electrons. The van der Waals surface area contributed by atoms with Crippen LogP contribution in [0.3, 0.4) is 0 Å². The summed E-state index contributed by atoms with van der Waals surface area (Å²) in [5.74, 6) is 4.11. The molecule has 36 nitrogen and oxygen atoms in total. The fourth-order valence-electron chi connectivity index (χ4n) is 18.9. The Morgan fingerprint density at radius 1 is 0.450 bits per heavy atom. The zero-order valence-electron chi connectivity index (χ0n) is 87.1. The summed E-state index contributed by atoms with van der Waals surface area (Å²) in [4.78, 5) is 191. The van der Waals surface area contributed by atoms with Crippen LogP contribution in [0, 0.1) is 47.3 Å². The molecule has 2 aliphatic rings. The number of nitrogens with one attached hydrogen (secondary N) is 4. The van der Waals surface area contributed by atoms with Gasteiger partial charge in [0.15, 0.2) is 0 Å². The van der Waals surface area contributed by atoms with Crippen molar-refractivity contribution in [1.29, 1.82) is 0 Å². The number of ether oxygens (including phenoxy) is 8. The molecule has 4 unspecified atom stereocenters. The molecule has 4 aromatic rings. The molecule has 0 bridgehead atoms. The average Bonchev–Trinajstić information content (AvgIpc) is 1.73. The summed E-state index contributed by atoms with van der Waals surface area (Å²) in [6.07, 6.45) is 7.33. The van der Waals surface area contributed by atoms with Crippen LogP contribution < -0.4 is 33.1 Å². The minimum Gasteiger partial charge on any atom is -0.379 e. The first-order valence-corrected chi connectivity index (χ1v) is 51.3. The lowest BCUT2D eigenvalue weighted by Crippen LogP contribution is -2.60. The monoisotopic (exact) mass is 2000 g/mol. The van der Waals surface area contributed by atoms with Crippen LogP contribution in [-0.2, 0) is 118 Å². The lowest BCUT2D eigenvalue weighted by atomic mass is 9.85. The largest absolute Gasteiger partial charge is 0.379 e. The van der Waals surface area contributed by atoms with Crippen molar-refractivity contribution in [1.82, 2.24) is 60.6 Å². The standard InChI is InChI=1S/2C51H83N7O11S/c2*1-12-35(6)47(57(9)51(64)45(33(2)3)55-49(63)46(34(4)5)56(8)43(61)20-24-67-26-27-68-25-21-53-42(60)32-69-52)41(65-10)31-44(62)58-23-16-19-39(58)48(66-11)36(7)40(59)30-38(50-54-22-28-70-50)29-37-17-14-13-15-18-37/h2*13-15,17-18,22,28,33-36,38-39,41,45-48H,12,16,19-21,23-27,29-32,52H2,1-11H3,(H,53,60)(H,55,63)/t2*35-,36-,38?,39-,41+,45-,46?,47-,48+/m00/s1. The molecule has 8 N–H and O–H groups in total. The molecule has 2 aromatic heterocycles. The number of thiazole rings is 2. The highest BCUT2D eigenvalue weighted by Gasteiger charge is 2.47. The van der Waals surface area contributed by atoms with Gasteiger partial charge in [0.1, 0.15) is 48.9 Å². The van der Waals surface area contributed by atoms with Gasteiger partial charge in [0.25, 0.3) is 0 Å². The van der Waals surface area contributed by atoms with E-state index in [9.17, 15) is 57.5 Å². The Kier molecular flexibility index (Phi) is 56.3. The Labute approximate surface area is 838 Å². The molecule has 18 atom stereocenters. The molecule has 10 amide bonds. The number of rotatable bonds is 66. The van der Waals surface area contributed by atoms with Crippen LogP contribution in [-0.4, -0.2) is 332 Å². The number of benzene rings is 2. The number of hydrogen-bond acceptors (Lipinski definition) is 28. The Bertz CT molecular complexity index is 4050. The summed E-state index contributed by atoms with van der Waals surface area (Å²) < 4.78 is 46.4. The lowest BCUT2D eigenvalue weighted by molar-refractivity contribution is -0.148. The van der Waals surface area contributed by atoms with Gasteiger partial charge in [-0.05, 0) is 85.2 Å². The number of methoxy groups -OCH3 is 4. The summed E-state index contributed by atoms with van der Waals surface area (Å²) in [7, 11) is 12.8. The number of Topliss-reactive ketones (excluding diaryl/α,β-unsaturated/α-hetero) is 2. The number of likely N-dealkylation sites (N-methyl/N-ethyl adjacent to an activating group) is 4. The first kappa shape index (κ1) is 122. The zero-order valence-corrected chi connectivity index (χ0v) is 88.7. The van der Waals surface area contributed by atoms with Crippen molar-refractivity contribution in [2.75, 3.05) is 149 Å². The molecule has 38 heteroatoms. The van der Waals surface area contributed by atoms with Gasteiger partial charge in [0.05, 0.1) is 137 Å². The van der Waals surface area contributed by atoms with E-state index in [2.05, 4.69) is 65.2 Å². The molecule has 0 aliphatic carbocycles. The van der Waals surface area contributed by atoms with Crippen molar-refractivity contribution in [3.63, 3.8) is 0 Å². The highest BCUT2D eigenvalue weighted by Crippen LogP contribution is 2.37. The number of amides is 10. The van der Waals surface area contributed by atoms with Crippen LogP contribution in [0.5, 0.6) is 0 Å². The van der Waals surface area contributed by atoms with E-state index in [1.807, 2.05) is 154 Å². The minimum atomic E-state index is -0.944. The second kappa shape index (κ2) is 64.8. The number of aromatic nitrogens is 2. The topological polar surface area (TPSA) is 443 Å². The summed E-state index contributed by atoms with van der Waals surface area (Å²) in [6.45, 7) is 29.5. The van der Waals surface area contributed by atoms with Gasteiger partial charge in [-0.25, -0.2) is 21.8 Å². The molecular formula is C102H166N14O22S2. The number of hydrogen-bond donors (Lipinski definition) is 6. The van der Waals surface area contributed by atoms with Crippen LogP contribution in [0.15, 0.2) is 83.8 Å². The van der Waals surface area contributed by atoms with E-state index in [4.69, 9.17) is 49.7 Å². The highest BCUT2D eigenvalue weighted by atomic mass is 32.1. The Balaban J connectivity index is 0.000000494. The van der Waals surface area contributed by atoms with E-state index in [0.717, 1.165) is 34.0 Å². The maximum absolute atomic E-state index is 14.6. The summed E-state index contributed by atoms with van der Waals surface area (Å²) in [6, 6.07) is 14.8. The second-order valence-electron chi connectivity index (χ2n) is 38.2. The van der Waals surface area contributed by atoms with Crippen molar-refractivity contribution < 1.29 is 105 Å². The Morgan fingerprint density at radius 2 is 0.793 bits per heavy atom. The second-order valence-corrected chi connectivity index (χ2v) is 40.0. The summed E-state index contributed by atoms with van der Waals surface area (Å²) in [5.41, 5.74) is 2.26. The molecule has 2 saturated heterocycles. The predicted octanol–water partition coefficient (Wildman–Crippen LogP) is 8.80. The van der Waals surface area contributed by atoms with E-state index in [1.54, 1.807) is 101 Å². The molecule has 140 heavy (non-hydrogen) atoms. The van der Waals surface area contributed by atoms with Gasteiger partial charge in [-0.1, -0.05) is 170 Å². The molecule has 6 rings (SSSR count). The van der Waals surface area contributed by atoms with Gasteiger partial charge >= 0.3 is 0 Å². The van der Waals surface area contributed by atoms with Gasteiger partial charge < -0.3 is 88.6 Å². The number of carbonyl (C=O) groups is 12. The minimum absolute atomic E-state index is 0.00911. The molecule has 2 fully saturated rings. The van der Waals surface area contributed by atoms with Gasteiger partial charge in [0, 0.05) is 142 Å².